The zero-order valence-corrected chi connectivity index (χ0v) is 14.1. The van der Waals surface area contributed by atoms with Gasteiger partial charge in [0, 0.05) is 15.6 Å². The third-order valence-corrected chi connectivity index (χ3v) is 4.19. The van der Waals surface area contributed by atoms with E-state index in [4.69, 9.17) is 16.3 Å². The van der Waals surface area contributed by atoms with Crippen molar-refractivity contribution in [2.24, 2.45) is 0 Å². The van der Waals surface area contributed by atoms with Crippen LogP contribution in [0, 0.1) is 0 Å². The van der Waals surface area contributed by atoms with Gasteiger partial charge in [0.1, 0.15) is 0 Å². The number of ether oxygens (including phenoxy) is 1. The molecule has 0 saturated heterocycles. The summed E-state index contributed by atoms with van der Waals surface area (Å²) in [5, 5.41) is 3.39. The lowest BCUT2D eigenvalue weighted by Crippen LogP contribution is -2.14. The molecule has 2 aromatic carbocycles. The number of anilines is 1. The molecule has 0 aliphatic carbocycles. The number of amides is 1. The van der Waals surface area contributed by atoms with Crippen molar-refractivity contribution in [3.8, 4) is 0 Å². The molecule has 0 heterocycles. The van der Waals surface area contributed by atoms with Crippen molar-refractivity contribution in [2.75, 3.05) is 17.7 Å². The summed E-state index contributed by atoms with van der Waals surface area (Å²) in [6, 6.07) is 14.0. The molecule has 0 radical (unpaired) electrons. The maximum Gasteiger partial charge on any atom is 0.339 e. The zero-order chi connectivity index (χ0) is 16.7. The molecule has 0 unspecified atom stereocenters. The van der Waals surface area contributed by atoms with Crippen molar-refractivity contribution >= 4 is 40.9 Å². The van der Waals surface area contributed by atoms with Crippen LogP contribution in [0.4, 0.5) is 5.69 Å². The van der Waals surface area contributed by atoms with Crippen LogP contribution in [0.25, 0.3) is 0 Å². The standard InChI is InChI=1S/C17H16ClNO3S/c1-2-22-17(21)14-5-3-4-6-15(14)23-11-16(20)19-13-9-7-12(18)8-10-13/h3-10H,2,11H2,1H3,(H,19,20). The summed E-state index contributed by atoms with van der Waals surface area (Å²) in [7, 11) is 0. The Balaban J connectivity index is 1.96. The van der Waals surface area contributed by atoms with Gasteiger partial charge in [-0.1, -0.05) is 23.7 Å². The molecule has 1 amide bonds. The summed E-state index contributed by atoms with van der Waals surface area (Å²) in [5.41, 5.74) is 1.15. The van der Waals surface area contributed by atoms with E-state index in [0.29, 0.717) is 22.9 Å². The summed E-state index contributed by atoms with van der Waals surface area (Å²) in [5.74, 6) is -0.344. The molecule has 120 valence electrons. The molecule has 2 aromatic rings. The molecule has 1 N–H and O–H groups in total. The lowest BCUT2D eigenvalue weighted by Gasteiger charge is -2.09. The number of hydrogen-bond donors (Lipinski definition) is 1. The van der Waals surface area contributed by atoms with Crippen molar-refractivity contribution in [1.29, 1.82) is 0 Å². The van der Waals surface area contributed by atoms with Gasteiger partial charge in [0.25, 0.3) is 0 Å². The molecule has 4 nitrogen and oxygen atoms in total. The predicted molar refractivity (Wildman–Crippen MR) is 93.2 cm³/mol. The molecule has 23 heavy (non-hydrogen) atoms. The fourth-order valence-corrected chi connectivity index (χ4v) is 2.81. The number of carbonyl (C=O) groups is 2. The van der Waals surface area contributed by atoms with Crippen LogP contribution in [0.3, 0.4) is 0 Å². The van der Waals surface area contributed by atoms with Crippen molar-refractivity contribution in [3.05, 3.63) is 59.1 Å². The number of thioether (sulfide) groups is 1. The van der Waals surface area contributed by atoms with E-state index in [1.165, 1.54) is 11.8 Å². The van der Waals surface area contributed by atoms with Gasteiger partial charge in [0.2, 0.25) is 5.91 Å². The molecular formula is C17H16ClNO3S. The molecular weight excluding hydrogens is 334 g/mol. The number of rotatable bonds is 6. The molecule has 0 bridgehead atoms. The number of hydrogen-bond acceptors (Lipinski definition) is 4. The summed E-state index contributed by atoms with van der Waals surface area (Å²) < 4.78 is 5.02. The summed E-state index contributed by atoms with van der Waals surface area (Å²) in [6.07, 6.45) is 0. The predicted octanol–water partition coefficient (Wildman–Crippen LogP) is 4.25. The Morgan fingerprint density at radius 3 is 2.52 bits per heavy atom. The molecule has 0 saturated carbocycles. The summed E-state index contributed by atoms with van der Waals surface area (Å²) in [6.45, 7) is 2.07. The minimum Gasteiger partial charge on any atom is -0.462 e. The first-order valence-electron chi connectivity index (χ1n) is 7.04. The molecule has 0 aliphatic heterocycles. The van der Waals surface area contributed by atoms with Crippen molar-refractivity contribution < 1.29 is 14.3 Å². The highest BCUT2D eigenvalue weighted by atomic mass is 35.5. The fraction of sp³-hybridized carbons (Fsp3) is 0.176. The highest BCUT2D eigenvalue weighted by Crippen LogP contribution is 2.23. The summed E-state index contributed by atoms with van der Waals surface area (Å²) in [4.78, 5) is 24.6. The average Bonchev–Trinajstić information content (AvgIpc) is 2.55. The second-order valence-corrected chi connectivity index (χ2v) is 6.01. The molecule has 0 atom stereocenters. The lowest BCUT2D eigenvalue weighted by atomic mass is 10.2. The fourth-order valence-electron chi connectivity index (χ4n) is 1.84. The third-order valence-electron chi connectivity index (χ3n) is 2.87. The Kier molecular flexibility index (Phi) is 6.50. The maximum atomic E-state index is 12.0. The first kappa shape index (κ1) is 17.4. The third kappa shape index (κ3) is 5.30. The lowest BCUT2D eigenvalue weighted by molar-refractivity contribution is -0.113. The smallest absolute Gasteiger partial charge is 0.339 e. The van der Waals surface area contributed by atoms with Crippen LogP contribution in [-0.4, -0.2) is 24.2 Å². The van der Waals surface area contributed by atoms with E-state index in [9.17, 15) is 9.59 Å². The molecule has 0 aliphatic rings. The first-order chi connectivity index (χ1) is 11.1. The van der Waals surface area contributed by atoms with E-state index in [2.05, 4.69) is 5.32 Å². The van der Waals surface area contributed by atoms with E-state index in [0.717, 1.165) is 4.90 Å². The van der Waals surface area contributed by atoms with Crippen molar-refractivity contribution in [3.63, 3.8) is 0 Å². The Morgan fingerprint density at radius 1 is 1.13 bits per heavy atom. The van der Waals surface area contributed by atoms with Gasteiger partial charge in [-0.3, -0.25) is 4.79 Å². The molecule has 0 aromatic heterocycles. The molecule has 0 spiro atoms. The van der Waals surface area contributed by atoms with Crippen LogP contribution < -0.4 is 5.32 Å². The van der Waals surface area contributed by atoms with E-state index in [1.54, 1.807) is 49.4 Å². The van der Waals surface area contributed by atoms with E-state index >= 15 is 0 Å². The highest BCUT2D eigenvalue weighted by molar-refractivity contribution is 8.00. The summed E-state index contributed by atoms with van der Waals surface area (Å²) >= 11 is 7.09. The van der Waals surface area contributed by atoms with Gasteiger partial charge in [-0.25, -0.2) is 4.79 Å². The molecule has 0 fully saturated rings. The van der Waals surface area contributed by atoms with Crippen LogP contribution in [-0.2, 0) is 9.53 Å². The van der Waals surface area contributed by atoms with Gasteiger partial charge in [-0.2, -0.15) is 0 Å². The topological polar surface area (TPSA) is 55.4 Å². The Bertz CT molecular complexity index is 688. The minimum atomic E-state index is -0.381. The minimum absolute atomic E-state index is 0.156. The van der Waals surface area contributed by atoms with E-state index in [1.807, 2.05) is 6.07 Å². The van der Waals surface area contributed by atoms with Gasteiger partial charge in [-0.15, -0.1) is 11.8 Å². The number of esters is 1. The van der Waals surface area contributed by atoms with Crippen LogP contribution in [0.15, 0.2) is 53.4 Å². The van der Waals surface area contributed by atoms with Gasteiger partial charge in [0.15, 0.2) is 0 Å². The quantitative estimate of drug-likeness (QED) is 0.625. The Labute approximate surface area is 144 Å². The number of halogens is 1. The number of nitrogens with one attached hydrogen (secondary N) is 1. The van der Waals surface area contributed by atoms with Crippen LogP contribution in [0.2, 0.25) is 5.02 Å². The SMILES string of the molecule is CCOC(=O)c1ccccc1SCC(=O)Nc1ccc(Cl)cc1. The van der Waals surface area contributed by atoms with Gasteiger partial charge in [-0.05, 0) is 43.3 Å². The van der Waals surface area contributed by atoms with E-state index < -0.39 is 0 Å². The monoisotopic (exact) mass is 349 g/mol. The Morgan fingerprint density at radius 2 is 1.83 bits per heavy atom. The van der Waals surface area contributed by atoms with E-state index in [-0.39, 0.29) is 17.6 Å². The second kappa shape index (κ2) is 8.60. The molecule has 2 rings (SSSR count). The van der Waals surface area contributed by atoms with Crippen molar-refractivity contribution in [1.82, 2.24) is 0 Å². The van der Waals surface area contributed by atoms with Crippen LogP contribution >= 0.6 is 23.4 Å². The van der Waals surface area contributed by atoms with Gasteiger partial charge in [0.05, 0.1) is 17.9 Å². The maximum absolute atomic E-state index is 12.0. The normalized spacial score (nSPS) is 10.2. The van der Waals surface area contributed by atoms with Gasteiger partial charge >= 0.3 is 5.97 Å². The van der Waals surface area contributed by atoms with Crippen molar-refractivity contribution in [2.45, 2.75) is 11.8 Å². The van der Waals surface area contributed by atoms with Crippen LogP contribution in [0.1, 0.15) is 17.3 Å². The number of benzene rings is 2. The zero-order valence-electron chi connectivity index (χ0n) is 12.5. The average molecular weight is 350 g/mol. The first-order valence-corrected chi connectivity index (χ1v) is 8.41. The Hall–Kier alpha value is -1.98. The van der Waals surface area contributed by atoms with Crippen LogP contribution in [0.5, 0.6) is 0 Å². The van der Waals surface area contributed by atoms with Gasteiger partial charge < -0.3 is 10.1 Å². The molecule has 6 heteroatoms. The largest absolute Gasteiger partial charge is 0.462 e. The second-order valence-electron chi connectivity index (χ2n) is 4.56. The number of carbonyl (C=O) groups excluding carboxylic acids is 2. The highest BCUT2D eigenvalue weighted by Gasteiger charge is 2.13.